The Balaban J connectivity index is 1.46. The third-order valence-electron chi connectivity index (χ3n) is 3.64. The molecule has 134 valence electrons. The van der Waals surface area contributed by atoms with E-state index < -0.39 is 23.4 Å². The number of fused-ring (bicyclic) bond motifs is 1. The van der Waals surface area contributed by atoms with Crippen molar-refractivity contribution in [2.75, 3.05) is 13.1 Å². The lowest BCUT2D eigenvalue weighted by Crippen LogP contribution is -2.38. The van der Waals surface area contributed by atoms with E-state index in [2.05, 4.69) is 20.8 Å². The minimum atomic E-state index is -0.985. The molecule has 0 atom stereocenters. The van der Waals surface area contributed by atoms with Gasteiger partial charge in [-0.25, -0.2) is 8.78 Å². The molecule has 3 rings (SSSR count). The lowest BCUT2D eigenvalue weighted by Gasteiger charge is -2.07. The maximum Gasteiger partial charge on any atom is 0.254 e. The molecule has 0 fully saturated rings. The van der Waals surface area contributed by atoms with E-state index in [1.165, 1.54) is 0 Å². The summed E-state index contributed by atoms with van der Waals surface area (Å²) in [4.78, 5) is 23.6. The molecule has 2 heterocycles. The smallest absolute Gasteiger partial charge is 0.254 e. The van der Waals surface area contributed by atoms with E-state index in [0.717, 1.165) is 12.1 Å². The SMILES string of the molecule is O=C(CNC(=O)c1ccc(F)cc1F)NCCc1nnc2ccccn12. The van der Waals surface area contributed by atoms with Crippen LogP contribution in [0.4, 0.5) is 8.78 Å². The summed E-state index contributed by atoms with van der Waals surface area (Å²) in [6.07, 6.45) is 2.28. The van der Waals surface area contributed by atoms with Crippen LogP contribution in [0.3, 0.4) is 0 Å². The molecular weight excluding hydrogens is 344 g/mol. The number of rotatable bonds is 6. The molecule has 0 saturated carbocycles. The van der Waals surface area contributed by atoms with Gasteiger partial charge < -0.3 is 10.6 Å². The Hall–Kier alpha value is -3.36. The average Bonchev–Trinajstić information content (AvgIpc) is 3.03. The zero-order chi connectivity index (χ0) is 18.5. The lowest BCUT2D eigenvalue weighted by molar-refractivity contribution is -0.120. The van der Waals surface area contributed by atoms with Gasteiger partial charge in [0.2, 0.25) is 5.91 Å². The van der Waals surface area contributed by atoms with Crippen molar-refractivity contribution >= 4 is 17.5 Å². The summed E-state index contributed by atoms with van der Waals surface area (Å²) in [5.41, 5.74) is 0.386. The van der Waals surface area contributed by atoms with Crippen LogP contribution >= 0.6 is 0 Å². The Morgan fingerprint density at radius 1 is 1.08 bits per heavy atom. The number of amides is 2. The van der Waals surface area contributed by atoms with E-state index in [4.69, 9.17) is 0 Å². The van der Waals surface area contributed by atoms with E-state index in [1.807, 2.05) is 28.8 Å². The third-order valence-corrected chi connectivity index (χ3v) is 3.64. The van der Waals surface area contributed by atoms with E-state index >= 15 is 0 Å². The minimum Gasteiger partial charge on any atom is -0.354 e. The van der Waals surface area contributed by atoms with Crippen molar-refractivity contribution < 1.29 is 18.4 Å². The van der Waals surface area contributed by atoms with Crippen LogP contribution in [-0.4, -0.2) is 39.5 Å². The van der Waals surface area contributed by atoms with Gasteiger partial charge in [0.05, 0.1) is 12.1 Å². The summed E-state index contributed by atoms with van der Waals surface area (Å²) in [7, 11) is 0. The second-order valence-corrected chi connectivity index (χ2v) is 5.45. The first-order valence-corrected chi connectivity index (χ1v) is 7.83. The highest BCUT2D eigenvalue weighted by atomic mass is 19.1. The van der Waals surface area contributed by atoms with E-state index in [0.29, 0.717) is 30.5 Å². The molecule has 3 aromatic rings. The number of hydrogen-bond acceptors (Lipinski definition) is 4. The van der Waals surface area contributed by atoms with E-state index in [-0.39, 0.29) is 12.1 Å². The van der Waals surface area contributed by atoms with Crippen LogP contribution in [0.25, 0.3) is 5.65 Å². The largest absolute Gasteiger partial charge is 0.354 e. The van der Waals surface area contributed by atoms with Crippen LogP contribution in [-0.2, 0) is 11.2 Å². The summed E-state index contributed by atoms with van der Waals surface area (Å²) in [6.45, 7) is -0.0223. The lowest BCUT2D eigenvalue weighted by atomic mass is 10.2. The molecule has 2 N–H and O–H groups in total. The Kier molecular flexibility index (Phi) is 5.16. The number of carbonyl (C=O) groups is 2. The number of aromatic nitrogens is 3. The molecule has 7 nitrogen and oxygen atoms in total. The predicted octanol–water partition coefficient (Wildman–Crippen LogP) is 1.10. The van der Waals surface area contributed by atoms with Gasteiger partial charge in [0.1, 0.15) is 17.5 Å². The first-order chi connectivity index (χ1) is 12.5. The highest BCUT2D eigenvalue weighted by Crippen LogP contribution is 2.09. The molecule has 0 aliphatic rings. The van der Waals surface area contributed by atoms with Crippen LogP contribution in [0, 0.1) is 11.6 Å². The molecule has 26 heavy (non-hydrogen) atoms. The fourth-order valence-electron chi connectivity index (χ4n) is 2.37. The molecule has 0 radical (unpaired) electrons. The molecule has 1 aromatic carbocycles. The Morgan fingerprint density at radius 3 is 2.73 bits per heavy atom. The molecule has 2 aromatic heterocycles. The van der Waals surface area contributed by atoms with Gasteiger partial charge in [-0.15, -0.1) is 10.2 Å². The third kappa shape index (κ3) is 4.00. The van der Waals surface area contributed by atoms with E-state index in [9.17, 15) is 18.4 Å². The van der Waals surface area contributed by atoms with Crippen molar-refractivity contribution in [3.8, 4) is 0 Å². The van der Waals surface area contributed by atoms with Gasteiger partial charge in [0.25, 0.3) is 5.91 Å². The zero-order valence-corrected chi connectivity index (χ0v) is 13.6. The maximum atomic E-state index is 13.5. The zero-order valence-electron chi connectivity index (χ0n) is 13.6. The van der Waals surface area contributed by atoms with Gasteiger partial charge in [-0.1, -0.05) is 6.07 Å². The molecule has 0 aliphatic heterocycles. The number of hydrogen-bond donors (Lipinski definition) is 2. The number of nitrogens with zero attached hydrogens (tertiary/aromatic N) is 3. The highest BCUT2D eigenvalue weighted by molar-refractivity contribution is 5.96. The van der Waals surface area contributed by atoms with Gasteiger partial charge in [-0.3, -0.25) is 14.0 Å². The Labute approximate surface area is 147 Å². The molecule has 0 spiro atoms. The van der Waals surface area contributed by atoms with Crippen molar-refractivity contribution in [1.82, 2.24) is 25.2 Å². The minimum absolute atomic E-state index is 0.301. The summed E-state index contributed by atoms with van der Waals surface area (Å²) in [5.74, 6) is -2.30. The first kappa shape index (κ1) is 17.5. The van der Waals surface area contributed by atoms with Gasteiger partial charge in [-0.2, -0.15) is 0 Å². The van der Waals surface area contributed by atoms with Crippen molar-refractivity contribution in [2.24, 2.45) is 0 Å². The Morgan fingerprint density at radius 2 is 1.92 bits per heavy atom. The molecule has 9 heteroatoms. The van der Waals surface area contributed by atoms with Gasteiger partial charge in [0.15, 0.2) is 5.65 Å². The first-order valence-electron chi connectivity index (χ1n) is 7.83. The summed E-state index contributed by atoms with van der Waals surface area (Å²) >= 11 is 0. The fraction of sp³-hybridized carbons (Fsp3) is 0.176. The maximum absolute atomic E-state index is 13.5. The number of pyridine rings is 1. The van der Waals surface area contributed by atoms with E-state index in [1.54, 1.807) is 0 Å². The van der Waals surface area contributed by atoms with Crippen LogP contribution in [0.2, 0.25) is 0 Å². The number of carbonyl (C=O) groups excluding carboxylic acids is 2. The summed E-state index contributed by atoms with van der Waals surface area (Å²) < 4.78 is 28.1. The topological polar surface area (TPSA) is 88.4 Å². The fourth-order valence-corrected chi connectivity index (χ4v) is 2.37. The van der Waals surface area contributed by atoms with Gasteiger partial charge >= 0.3 is 0 Å². The van der Waals surface area contributed by atoms with Crippen molar-refractivity contribution in [3.05, 3.63) is 65.6 Å². The number of nitrogens with one attached hydrogen (secondary N) is 2. The van der Waals surface area contributed by atoms with Crippen LogP contribution in [0.15, 0.2) is 42.6 Å². The predicted molar refractivity (Wildman–Crippen MR) is 88.4 cm³/mol. The summed E-state index contributed by atoms with van der Waals surface area (Å²) in [5, 5.41) is 13.0. The molecule has 0 saturated heterocycles. The Bertz CT molecular complexity index is 957. The standard InChI is InChI=1S/C17H15F2N5O2/c18-11-4-5-12(13(19)9-11)17(26)21-10-16(25)20-7-6-15-23-22-14-3-1-2-8-24(14)15/h1-5,8-9H,6-7,10H2,(H,20,25)(H,21,26). The molecule has 0 aliphatic carbocycles. The van der Waals surface area contributed by atoms with Crippen molar-refractivity contribution in [3.63, 3.8) is 0 Å². The van der Waals surface area contributed by atoms with Crippen molar-refractivity contribution in [2.45, 2.75) is 6.42 Å². The second kappa shape index (κ2) is 7.68. The highest BCUT2D eigenvalue weighted by Gasteiger charge is 2.13. The normalized spacial score (nSPS) is 10.7. The summed E-state index contributed by atoms with van der Waals surface area (Å²) in [6, 6.07) is 8.12. The molecule has 0 bridgehead atoms. The number of benzene rings is 1. The van der Waals surface area contributed by atoms with Crippen LogP contribution in [0.5, 0.6) is 0 Å². The number of halogens is 2. The van der Waals surface area contributed by atoms with Gasteiger partial charge in [-0.05, 0) is 24.3 Å². The van der Waals surface area contributed by atoms with Crippen LogP contribution < -0.4 is 10.6 Å². The second-order valence-electron chi connectivity index (χ2n) is 5.45. The quantitative estimate of drug-likeness (QED) is 0.690. The molecule has 0 unspecified atom stereocenters. The van der Waals surface area contributed by atoms with Crippen molar-refractivity contribution in [1.29, 1.82) is 0 Å². The van der Waals surface area contributed by atoms with Crippen LogP contribution in [0.1, 0.15) is 16.2 Å². The molecule has 2 amide bonds. The monoisotopic (exact) mass is 359 g/mol. The average molecular weight is 359 g/mol. The molecular formula is C17H15F2N5O2. The van der Waals surface area contributed by atoms with Gasteiger partial charge in [0, 0.05) is 25.2 Å².